The van der Waals surface area contributed by atoms with Gasteiger partial charge in [-0.1, -0.05) is 40.9 Å². The van der Waals surface area contributed by atoms with Gasteiger partial charge < -0.3 is 15.0 Å². The molecule has 0 atom stereocenters. The van der Waals surface area contributed by atoms with Crippen LogP contribution in [-0.2, 0) is 13.1 Å². The Morgan fingerprint density at radius 1 is 1.02 bits per heavy atom. The van der Waals surface area contributed by atoms with Crippen LogP contribution >= 0.6 is 0 Å². The molecule has 0 unspecified atom stereocenters. The van der Waals surface area contributed by atoms with Crippen molar-refractivity contribution in [1.82, 2.24) is 34.1 Å². The number of aliphatic hydroxyl groups is 1. The van der Waals surface area contributed by atoms with Crippen LogP contribution in [0.5, 0.6) is 0 Å². The minimum Gasteiger partial charge on any atom is -0.396 e. The predicted molar refractivity (Wildman–Crippen MR) is 175 cm³/mol. The molecule has 1 aliphatic heterocycles. The zero-order chi connectivity index (χ0) is 33.4. The van der Waals surface area contributed by atoms with E-state index in [-0.39, 0.29) is 42.0 Å². The molecule has 48 heavy (non-hydrogen) atoms. The molecule has 5 aromatic rings. The number of hydrogen-bond acceptors (Lipinski definition) is 7. The average molecular weight is 654 g/mol. The van der Waals surface area contributed by atoms with Crippen LogP contribution < -0.4 is 16.6 Å². The van der Waals surface area contributed by atoms with Gasteiger partial charge in [-0.25, -0.2) is 23.7 Å². The van der Waals surface area contributed by atoms with E-state index in [2.05, 4.69) is 15.3 Å². The molecule has 0 radical (unpaired) electrons. The number of nitrogens with one attached hydrogen (secondary N) is 1. The molecule has 1 aliphatic carbocycles. The molecule has 246 valence electrons. The molecule has 7 rings (SSSR count). The number of amides is 1. The fraction of sp³-hybridized carbons (Fsp3) is 0.286. The maximum absolute atomic E-state index is 14.4. The first-order valence-electron chi connectivity index (χ1n) is 15.9. The number of pyridine rings is 1. The van der Waals surface area contributed by atoms with Gasteiger partial charge in [-0.2, -0.15) is 5.12 Å². The summed E-state index contributed by atoms with van der Waals surface area (Å²) >= 11 is 0. The van der Waals surface area contributed by atoms with Crippen molar-refractivity contribution in [2.24, 2.45) is 0 Å². The molecule has 1 saturated carbocycles. The number of imidazole rings is 1. The van der Waals surface area contributed by atoms with Gasteiger partial charge in [0.15, 0.2) is 5.65 Å². The number of carbonyl (C=O) groups is 1. The predicted octanol–water partition coefficient (Wildman–Crippen LogP) is 4.52. The first-order chi connectivity index (χ1) is 23.3. The summed E-state index contributed by atoms with van der Waals surface area (Å²) in [5.41, 5.74) is 2.40. The summed E-state index contributed by atoms with van der Waals surface area (Å²) in [4.78, 5) is 49.4. The van der Waals surface area contributed by atoms with Gasteiger partial charge in [-0.3, -0.25) is 14.2 Å². The molecule has 1 fully saturated rings. The Balaban J connectivity index is 1.16. The average Bonchev–Trinajstić information content (AvgIpc) is 3.52. The van der Waals surface area contributed by atoms with Crippen LogP contribution in [0.1, 0.15) is 60.0 Å². The molecule has 11 nitrogen and oxygen atoms in total. The van der Waals surface area contributed by atoms with Gasteiger partial charge in [-0.15, -0.1) is 0 Å². The number of benzene rings is 2. The number of fused-ring (bicyclic) bond motifs is 2. The summed E-state index contributed by atoms with van der Waals surface area (Å²) in [5, 5.41) is 12.6. The van der Waals surface area contributed by atoms with Crippen LogP contribution in [0.2, 0.25) is 0 Å². The molecule has 4 heterocycles. The summed E-state index contributed by atoms with van der Waals surface area (Å²) in [6.07, 6.45) is 8.51. The first-order valence-corrected chi connectivity index (χ1v) is 15.9. The SMILES string of the molecule is O=C(NC1CCC(n2c(=O)c3cc(F)cnc3n(-c3cccc(-c4ccc(CCCO)cc4)c3)c2=O)CC1)c1cn2c(n1)C=CN(F)C2. The standard InChI is InChI=1S/C35H33F2N7O4/c36-25-18-29-32(38-19-25)43(28-5-1-4-24(17-28)23-8-6-22(7-9-23)3-2-16-45)35(48)44(34(29)47)27-12-10-26(11-13-27)39-33(46)30-20-41-21-42(37)15-14-31(41)40-30/h1,4-9,14-15,17-20,26-27,45H,2-3,10-13,16,21H2,(H,39,46). The lowest BCUT2D eigenvalue weighted by molar-refractivity contribution is 0.0492. The van der Waals surface area contributed by atoms with E-state index in [0.29, 0.717) is 48.7 Å². The maximum atomic E-state index is 14.4. The summed E-state index contributed by atoms with van der Waals surface area (Å²) in [7, 11) is 0. The largest absolute Gasteiger partial charge is 0.396 e. The van der Waals surface area contributed by atoms with Crippen molar-refractivity contribution in [1.29, 1.82) is 0 Å². The molecule has 0 bridgehead atoms. The number of rotatable bonds is 8. The zero-order valence-corrected chi connectivity index (χ0v) is 25.9. The number of aromatic nitrogens is 5. The van der Waals surface area contributed by atoms with Crippen molar-refractivity contribution in [2.75, 3.05) is 6.61 Å². The van der Waals surface area contributed by atoms with Crippen LogP contribution in [0.15, 0.2) is 82.8 Å². The van der Waals surface area contributed by atoms with E-state index in [0.717, 1.165) is 35.4 Å². The van der Waals surface area contributed by atoms with Crippen LogP contribution in [0.3, 0.4) is 0 Å². The van der Waals surface area contributed by atoms with E-state index >= 15 is 0 Å². The second-order valence-corrected chi connectivity index (χ2v) is 12.2. The Bertz CT molecular complexity index is 2150. The lowest BCUT2D eigenvalue weighted by Crippen LogP contribution is -2.45. The third-order valence-corrected chi connectivity index (χ3v) is 9.02. The third-order valence-electron chi connectivity index (χ3n) is 9.02. The fourth-order valence-corrected chi connectivity index (χ4v) is 6.57. The number of nitrogens with zero attached hydrogens (tertiary/aromatic N) is 6. The van der Waals surface area contributed by atoms with Crippen LogP contribution in [-0.4, -0.2) is 52.5 Å². The van der Waals surface area contributed by atoms with Crippen LogP contribution in [0.25, 0.3) is 33.9 Å². The van der Waals surface area contributed by atoms with Crippen molar-refractivity contribution in [3.63, 3.8) is 0 Å². The fourth-order valence-electron chi connectivity index (χ4n) is 6.57. The summed E-state index contributed by atoms with van der Waals surface area (Å²) in [5.74, 6) is -0.590. The highest BCUT2D eigenvalue weighted by Gasteiger charge is 2.29. The first kappa shape index (κ1) is 31.2. The molecule has 1 amide bonds. The summed E-state index contributed by atoms with van der Waals surface area (Å²) in [6.45, 7) is 0.0667. The number of hydrogen-bond donors (Lipinski definition) is 2. The number of aliphatic hydroxyl groups excluding tert-OH is 1. The Morgan fingerprint density at radius 2 is 1.81 bits per heavy atom. The Labute approximate surface area is 273 Å². The summed E-state index contributed by atoms with van der Waals surface area (Å²) < 4.78 is 32.1. The highest BCUT2D eigenvalue weighted by Crippen LogP contribution is 2.29. The Hall–Kier alpha value is -5.43. The summed E-state index contributed by atoms with van der Waals surface area (Å²) in [6, 6.07) is 15.7. The molecular weight excluding hydrogens is 620 g/mol. The molecular formula is C35H33F2N7O4. The molecule has 13 heteroatoms. The molecule has 0 spiro atoms. The second-order valence-electron chi connectivity index (χ2n) is 12.2. The normalized spacial score (nSPS) is 17.4. The molecule has 2 aliphatic rings. The van der Waals surface area contributed by atoms with E-state index in [1.165, 1.54) is 32.2 Å². The van der Waals surface area contributed by atoms with Crippen LogP contribution in [0, 0.1) is 5.82 Å². The van der Waals surface area contributed by atoms with Gasteiger partial charge in [-0.05, 0) is 79.5 Å². The van der Waals surface area contributed by atoms with E-state index in [1.54, 1.807) is 6.07 Å². The van der Waals surface area contributed by atoms with E-state index in [9.17, 15) is 23.3 Å². The molecule has 0 saturated heterocycles. The Kier molecular flexibility index (Phi) is 8.44. The Morgan fingerprint density at radius 3 is 2.58 bits per heavy atom. The molecule has 3 aromatic heterocycles. The van der Waals surface area contributed by atoms with E-state index in [4.69, 9.17) is 5.11 Å². The third kappa shape index (κ3) is 6.04. The number of aryl methyl sites for hydroxylation is 1. The van der Waals surface area contributed by atoms with Gasteiger partial charge in [0.25, 0.3) is 11.5 Å². The molecule has 2 aromatic carbocycles. The minimum atomic E-state index is -0.687. The monoisotopic (exact) mass is 653 g/mol. The van der Waals surface area contributed by atoms with Crippen LogP contribution in [0.4, 0.5) is 8.87 Å². The number of carbonyl (C=O) groups excluding carboxylic acids is 1. The van der Waals surface area contributed by atoms with Crippen molar-refractivity contribution >= 4 is 23.0 Å². The van der Waals surface area contributed by atoms with Crippen molar-refractivity contribution in [2.45, 2.75) is 57.3 Å². The van der Waals surface area contributed by atoms with Gasteiger partial charge in [0.1, 0.15) is 24.0 Å². The van der Waals surface area contributed by atoms with Gasteiger partial charge in [0.05, 0.1) is 17.3 Å². The van der Waals surface area contributed by atoms with Crippen molar-refractivity contribution in [3.8, 4) is 16.8 Å². The van der Waals surface area contributed by atoms with Crippen molar-refractivity contribution in [3.05, 3.63) is 117 Å². The van der Waals surface area contributed by atoms with Gasteiger partial charge >= 0.3 is 5.69 Å². The van der Waals surface area contributed by atoms with Crippen molar-refractivity contribution < 1.29 is 18.8 Å². The lowest BCUT2D eigenvalue weighted by Gasteiger charge is -2.30. The number of halogens is 2. The van der Waals surface area contributed by atoms with E-state index in [1.807, 2.05) is 42.5 Å². The minimum absolute atomic E-state index is 0.00620. The highest BCUT2D eigenvalue weighted by atomic mass is 19.2. The second kappa shape index (κ2) is 13.0. The quantitative estimate of drug-likeness (QED) is 0.236. The zero-order valence-electron chi connectivity index (χ0n) is 25.9. The topological polar surface area (TPSA) is 127 Å². The smallest absolute Gasteiger partial charge is 0.337 e. The maximum Gasteiger partial charge on any atom is 0.337 e. The van der Waals surface area contributed by atoms with E-state index < -0.39 is 23.1 Å². The van der Waals surface area contributed by atoms with Gasteiger partial charge in [0, 0.05) is 31.1 Å². The highest BCUT2D eigenvalue weighted by molar-refractivity contribution is 5.92. The molecule has 2 N–H and O–H groups in total. The lowest BCUT2D eigenvalue weighted by atomic mass is 9.90. The van der Waals surface area contributed by atoms with Gasteiger partial charge in [0.2, 0.25) is 0 Å².